The van der Waals surface area contributed by atoms with Crippen molar-refractivity contribution in [3.63, 3.8) is 0 Å². The SMILES string of the molecule is CN(c1nc(CC(=O)N2CCC(C)(N(C)C)C2)nc2sc3c(c12)CCCC3)C1CC1. The summed E-state index contributed by atoms with van der Waals surface area (Å²) in [7, 11) is 6.37. The Morgan fingerprint density at radius 2 is 1.97 bits per heavy atom. The van der Waals surface area contributed by atoms with E-state index < -0.39 is 0 Å². The van der Waals surface area contributed by atoms with Gasteiger partial charge in [-0.25, -0.2) is 9.97 Å². The summed E-state index contributed by atoms with van der Waals surface area (Å²) in [5, 5.41) is 1.27. The first-order valence-electron chi connectivity index (χ1n) is 11.3. The molecule has 2 aromatic heterocycles. The second-order valence-corrected chi connectivity index (χ2v) is 10.9. The normalized spacial score (nSPS) is 24.0. The molecule has 0 bridgehead atoms. The van der Waals surface area contributed by atoms with Gasteiger partial charge in [0.1, 0.15) is 16.5 Å². The van der Waals surface area contributed by atoms with Crippen molar-refractivity contribution < 1.29 is 4.79 Å². The molecule has 7 heteroatoms. The maximum Gasteiger partial charge on any atom is 0.230 e. The van der Waals surface area contributed by atoms with E-state index >= 15 is 0 Å². The molecule has 2 aromatic rings. The zero-order valence-corrected chi connectivity index (χ0v) is 19.5. The summed E-state index contributed by atoms with van der Waals surface area (Å²) in [5.74, 6) is 1.90. The lowest BCUT2D eigenvalue weighted by atomic mass is 9.97. The van der Waals surface area contributed by atoms with E-state index in [0.29, 0.717) is 18.3 Å². The van der Waals surface area contributed by atoms with Crippen molar-refractivity contribution >= 4 is 33.3 Å². The Balaban J connectivity index is 1.45. The van der Waals surface area contributed by atoms with Crippen LogP contribution in [-0.2, 0) is 24.1 Å². The molecule has 3 aliphatic rings. The van der Waals surface area contributed by atoms with Crippen LogP contribution in [0.5, 0.6) is 0 Å². The monoisotopic (exact) mass is 427 g/mol. The predicted octanol–water partition coefficient (Wildman–Crippen LogP) is 3.26. The highest BCUT2D eigenvalue weighted by atomic mass is 32.1. The summed E-state index contributed by atoms with van der Waals surface area (Å²) in [6.45, 7) is 3.84. The summed E-state index contributed by atoms with van der Waals surface area (Å²) >= 11 is 1.83. The second kappa shape index (κ2) is 7.45. The van der Waals surface area contributed by atoms with Crippen molar-refractivity contribution in [1.82, 2.24) is 19.8 Å². The maximum atomic E-state index is 13.1. The highest BCUT2D eigenvalue weighted by molar-refractivity contribution is 7.19. The van der Waals surface area contributed by atoms with Crippen LogP contribution in [0.15, 0.2) is 0 Å². The molecular formula is C23H33N5OS. The fourth-order valence-electron chi connectivity index (χ4n) is 4.92. The number of hydrogen-bond donors (Lipinski definition) is 0. The van der Waals surface area contributed by atoms with Crippen LogP contribution in [-0.4, -0.2) is 71.5 Å². The van der Waals surface area contributed by atoms with Crippen molar-refractivity contribution in [1.29, 1.82) is 0 Å². The van der Waals surface area contributed by atoms with Crippen LogP contribution in [0.3, 0.4) is 0 Å². The minimum atomic E-state index is 0.0601. The predicted molar refractivity (Wildman–Crippen MR) is 122 cm³/mol. The molecule has 0 radical (unpaired) electrons. The van der Waals surface area contributed by atoms with Crippen LogP contribution in [0.4, 0.5) is 5.82 Å². The molecule has 2 aliphatic carbocycles. The van der Waals surface area contributed by atoms with Gasteiger partial charge in [0, 0.05) is 36.6 Å². The number of rotatable bonds is 5. The third kappa shape index (κ3) is 3.50. The third-order valence-corrected chi connectivity index (χ3v) is 8.65. The van der Waals surface area contributed by atoms with E-state index in [2.05, 4.69) is 37.9 Å². The smallest absolute Gasteiger partial charge is 0.230 e. The summed E-state index contributed by atoms with van der Waals surface area (Å²) < 4.78 is 0. The van der Waals surface area contributed by atoms with E-state index in [1.54, 1.807) is 0 Å². The number of aryl methyl sites for hydroxylation is 2. The lowest BCUT2D eigenvalue weighted by molar-refractivity contribution is -0.129. The molecule has 6 nitrogen and oxygen atoms in total. The van der Waals surface area contributed by atoms with E-state index in [9.17, 15) is 4.79 Å². The molecule has 1 unspecified atom stereocenters. The fourth-order valence-corrected chi connectivity index (χ4v) is 6.19. The van der Waals surface area contributed by atoms with Crippen molar-refractivity contribution in [3.05, 3.63) is 16.3 Å². The van der Waals surface area contributed by atoms with Gasteiger partial charge in [-0.05, 0) is 71.5 Å². The number of anilines is 1. The van der Waals surface area contributed by atoms with Crippen LogP contribution >= 0.6 is 11.3 Å². The molecule has 1 amide bonds. The average Bonchev–Trinajstić information content (AvgIpc) is 3.38. The van der Waals surface area contributed by atoms with Crippen molar-refractivity contribution in [2.45, 2.75) is 69.9 Å². The topological polar surface area (TPSA) is 52.6 Å². The zero-order valence-electron chi connectivity index (χ0n) is 18.7. The number of amides is 1. The maximum absolute atomic E-state index is 13.1. The standard InChI is InChI=1S/C23H33N5OS/c1-23(26(2)3)11-12-28(14-23)19(29)13-18-24-21(27(4)15-9-10-15)20-16-7-5-6-8-17(16)30-22(20)25-18/h15H,5-14H2,1-4H3. The zero-order chi connectivity index (χ0) is 21.0. The molecule has 1 aliphatic heterocycles. The molecule has 3 heterocycles. The van der Waals surface area contributed by atoms with E-state index in [1.807, 2.05) is 16.2 Å². The summed E-state index contributed by atoms with van der Waals surface area (Å²) in [6, 6.07) is 0.588. The van der Waals surface area contributed by atoms with Gasteiger partial charge in [-0.3, -0.25) is 4.79 Å². The van der Waals surface area contributed by atoms with Crippen LogP contribution in [0, 0.1) is 0 Å². The van der Waals surface area contributed by atoms with Gasteiger partial charge in [0.25, 0.3) is 0 Å². The Morgan fingerprint density at radius 1 is 1.20 bits per heavy atom. The van der Waals surface area contributed by atoms with Crippen molar-refractivity contribution in [2.24, 2.45) is 0 Å². The van der Waals surface area contributed by atoms with Crippen molar-refractivity contribution in [3.8, 4) is 0 Å². The Labute approximate surface area is 183 Å². The number of fused-ring (bicyclic) bond motifs is 3. The van der Waals surface area contributed by atoms with Crippen molar-refractivity contribution in [2.75, 3.05) is 39.1 Å². The Bertz CT molecular complexity index is 982. The van der Waals surface area contributed by atoms with Crippen LogP contribution in [0.1, 0.15) is 55.3 Å². The van der Waals surface area contributed by atoms with Crippen LogP contribution in [0.2, 0.25) is 0 Å². The number of hydrogen-bond acceptors (Lipinski definition) is 6. The van der Waals surface area contributed by atoms with Gasteiger partial charge >= 0.3 is 0 Å². The molecule has 2 fully saturated rings. The molecule has 1 saturated carbocycles. The Hall–Kier alpha value is -1.73. The van der Waals surface area contributed by atoms with E-state index in [1.165, 1.54) is 41.5 Å². The molecule has 30 heavy (non-hydrogen) atoms. The third-order valence-electron chi connectivity index (χ3n) is 7.46. The lowest BCUT2D eigenvalue weighted by Gasteiger charge is -2.32. The van der Waals surface area contributed by atoms with Gasteiger partial charge in [-0.1, -0.05) is 0 Å². The lowest BCUT2D eigenvalue weighted by Crippen LogP contribution is -2.44. The molecule has 5 rings (SSSR count). The minimum Gasteiger partial charge on any atom is -0.356 e. The Morgan fingerprint density at radius 3 is 2.67 bits per heavy atom. The van der Waals surface area contributed by atoms with Crippen LogP contribution < -0.4 is 4.90 Å². The number of carbonyl (C=O) groups is 1. The number of nitrogens with zero attached hydrogens (tertiary/aromatic N) is 5. The molecule has 0 spiro atoms. The molecule has 0 N–H and O–H groups in total. The van der Waals surface area contributed by atoms with Gasteiger partial charge in [0.15, 0.2) is 0 Å². The number of aromatic nitrogens is 2. The molecule has 0 aromatic carbocycles. The summed E-state index contributed by atoms with van der Waals surface area (Å²) in [6.07, 6.45) is 8.61. The number of thiophene rings is 1. The van der Waals surface area contributed by atoms with E-state index in [-0.39, 0.29) is 11.4 Å². The quantitative estimate of drug-likeness (QED) is 0.733. The van der Waals surface area contributed by atoms with Gasteiger partial charge in [-0.2, -0.15) is 0 Å². The first-order chi connectivity index (χ1) is 14.4. The number of likely N-dealkylation sites (N-methyl/N-ethyl adjacent to an activating group) is 1. The first-order valence-corrected chi connectivity index (χ1v) is 12.2. The summed E-state index contributed by atoms with van der Waals surface area (Å²) in [4.78, 5) is 32.2. The van der Waals surface area contributed by atoms with E-state index in [0.717, 1.165) is 43.0 Å². The average molecular weight is 428 g/mol. The largest absolute Gasteiger partial charge is 0.356 e. The Kier molecular flexibility index (Phi) is 5.01. The fraction of sp³-hybridized carbons (Fsp3) is 0.696. The number of carbonyl (C=O) groups excluding carboxylic acids is 1. The molecule has 1 saturated heterocycles. The minimum absolute atomic E-state index is 0.0601. The number of likely N-dealkylation sites (tertiary alicyclic amines) is 1. The second-order valence-electron chi connectivity index (χ2n) is 9.83. The van der Waals surface area contributed by atoms with Gasteiger partial charge in [-0.15, -0.1) is 11.3 Å². The van der Waals surface area contributed by atoms with Gasteiger partial charge < -0.3 is 14.7 Å². The van der Waals surface area contributed by atoms with E-state index in [4.69, 9.17) is 9.97 Å². The van der Waals surface area contributed by atoms with Gasteiger partial charge in [0.05, 0.1) is 11.8 Å². The molecular weight excluding hydrogens is 394 g/mol. The highest BCUT2D eigenvalue weighted by Crippen LogP contribution is 2.41. The van der Waals surface area contributed by atoms with Gasteiger partial charge in [0.2, 0.25) is 5.91 Å². The first kappa shape index (κ1) is 20.2. The summed E-state index contributed by atoms with van der Waals surface area (Å²) in [5.41, 5.74) is 1.54. The highest BCUT2D eigenvalue weighted by Gasteiger charge is 2.38. The molecule has 162 valence electrons. The van der Waals surface area contributed by atoms with Crippen LogP contribution in [0.25, 0.3) is 10.2 Å². The molecule has 1 atom stereocenters.